The number of hydrogen-bond acceptors (Lipinski definition) is 3. The molecule has 3 rings (SSSR count). The largest absolute Gasteiger partial charge is 0.342 e. The molecule has 4 nitrogen and oxygen atoms in total. The third kappa shape index (κ3) is 5.28. The van der Waals surface area contributed by atoms with E-state index in [-0.39, 0.29) is 29.1 Å². The molecular weight excluding hydrogens is 413 g/mol. The number of carbonyl (C=O) groups excluding carboxylic acids is 1. The monoisotopic (exact) mass is 445 g/mol. The fraction of sp³-hybridized carbons (Fsp3) is 0.480. The minimum Gasteiger partial charge on any atom is -0.342 e. The molecule has 2 atom stereocenters. The third-order valence-electron chi connectivity index (χ3n) is 6.75. The Bertz CT molecular complexity index is 865. The van der Waals surface area contributed by atoms with Crippen molar-refractivity contribution in [2.24, 2.45) is 5.92 Å². The molecule has 0 saturated carbocycles. The lowest BCUT2D eigenvalue weighted by Crippen LogP contribution is -2.53. The lowest BCUT2D eigenvalue weighted by atomic mass is 9.79. The normalized spacial score (nSPS) is 17.9. The summed E-state index contributed by atoms with van der Waals surface area (Å²) < 4.78 is 13.4. The summed E-state index contributed by atoms with van der Waals surface area (Å²) in [6, 6.07) is 14.6. The summed E-state index contributed by atoms with van der Waals surface area (Å²) >= 11 is 6.23. The quantitative estimate of drug-likeness (QED) is 0.626. The molecule has 0 spiro atoms. The first kappa shape index (κ1) is 23.7. The first-order valence-electron chi connectivity index (χ1n) is 11.1. The van der Waals surface area contributed by atoms with Crippen molar-refractivity contribution >= 4 is 17.5 Å². The summed E-state index contributed by atoms with van der Waals surface area (Å²) in [6.07, 6.45) is 2.45. The fourth-order valence-corrected chi connectivity index (χ4v) is 5.11. The number of hydrogen-bond donors (Lipinski definition) is 2. The van der Waals surface area contributed by atoms with Crippen LogP contribution in [0.1, 0.15) is 43.2 Å². The molecule has 0 bridgehead atoms. The van der Waals surface area contributed by atoms with Crippen LogP contribution >= 0.6 is 11.6 Å². The number of nitrogens with zero attached hydrogens (tertiary/aromatic N) is 1. The molecule has 6 heteroatoms. The Kier molecular flexibility index (Phi) is 8.09. The Morgan fingerprint density at radius 1 is 1.16 bits per heavy atom. The van der Waals surface area contributed by atoms with Gasteiger partial charge in [0.2, 0.25) is 5.91 Å². The molecule has 1 aliphatic rings. The van der Waals surface area contributed by atoms with Crippen molar-refractivity contribution < 1.29 is 9.18 Å². The van der Waals surface area contributed by atoms with Gasteiger partial charge < -0.3 is 15.5 Å². The van der Waals surface area contributed by atoms with E-state index in [1.54, 1.807) is 0 Å². The van der Waals surface area contributed by atoms with Gasteiger partial charge in [0.05, 0.1) is 5.92 Å². The minimum absolute atomic E-state index is 0.103. The van der Waals surface area contributed by atoms with Crippen LogP contribution in [0.25, 0.3) is 0 Å². The molecule has 0 unspecified atom stereocenters. The molecule has 1 heterocycles. The van der Waals surface area contributed by atoms with E-state index in [2.05, 4.69) is 23.6 Å². The number of rotatable bonds is 8. The number of amides is 1. The molecular formula is C25H33ClFN3O. The predicted octanol–water partition coefficient (Wildman–Crippen LogP) is 4.55. The second kappa shape index (κ2) is 10.6. The topological polar surface area (TPSA) is 44.4 Å². The molecule has 0 radical (unpaired) electrons. The maximum absolute atomic E-state index is 13.6. The lowest BCUT2D eigenvalue weighted by molar-refractivity contribution is -0.138. The van der Waals surface area contributed by atoms with Gasteiger partial charge in [-0.25, -0.2) is 4.39 Å². The average Bonchev–Trinajstić information content (AvgIpc) is 2.79. The van der Waals surface area contributed by atoms with Gasteiger partial charge in [0.25, 0.3) is 0 Å². The van der Waals surface area contributed by atoms with Crippen LogP contribution in [0, 0.1) is 11.7 Å². The van der Waals surface area contributed by atoms with Gasteiger partial charge in [0.1, 0.15) is 5.82 Å². The molecule has 0 aromatic heterocycles. The second-order valence-corrected chi connectivity index (χ2v) is 8.83. The van der Waals surface area contributed by atoms with Gasteiger partial charge >= 0.3 is 0 Å². The van der Waals surface area contributed by atoms with Gasteiger partial charge in [-0.05, 0) is 74.7 Å². The van der Waals surface area contributed by atoms with Crippen LogP contribution in [0.5, 0.6) is 0 Å². The summed E-state index contributed by atoms with van der Waals surface area (Å²) in [5.41, 5.74) is 1.94. The highest BCUT2D eigenvalue weighted by molar-refractivity contribution is 6.30. The fourth-order valence-electron chi connectivity index (χ4n) is 4.91. The predicted molar refractivity (Wildman–Crippen MR) is 125 cm³/mol. The Balaban J connectivity index is 1.77. The van der Waals surface area contributed by atoms with Crippen LogP contribution in [0.4, 0.5) is 4.39 Å². The van der Waals surface area contributed by atoms with Crippen molar-refractivity contribution in [1.29, 1.82) is 0 Å². The smallest absolute Gasteiger partial charge is 0.227 e. The van der Waals surface area contributed by atoms with Crippen molar-refractivity contribution in [2.45, 2.75) is 37.6 Å². The van der Waals surface area contributed by atoms with Crippen LogP contribution in [0.15, 0.2) is 48.5 Å². The van der Waals surface area contributed by atoms with Gasteiger partial charge in [-0.15, -0.1) is 0 Å². The maximum Gasteiger partial charge on any atom is 0.227 e. The Morgan fingerprint density at radius 2 is 1.84 bits per heavy atom. The van der Waals surface area contributed by atoms with Crippen molar-refractivity contribution in [3.05, 3.63) is 70.5 Å². The van der Waals surface area contributed by atoms with E-state index in [0.717, 1.165) is 30.4 Å². The van der Waals surface area contributed by atoms with E-state index in [0.29, 0.717) is 24.7 Å². The van der Waals surface area contributed by atoms with E-state index in [4.69, 9.17) is 11.6 Å². The van der Waals surface area contributed by atoms with E-state index >= 15 is 0 Å². The summed E-state index contributed by atoms with van der Waals surface area (Å²) in [7, 11) is 3.83. The highest BCUT2D eigenvalue weighted by atomic mass is 35.5. The van der Waals surface area contributed by atoms with Crippen LogP contribution in [0.2, 0.25) is 5.02 Å². The minimum atomic E-state index is -0.236. The molecule has 1 saturated heterocycles. The molecule has 168 valence electrons. The van der Waals surface area contributed by atoms with Crippen molar-refractivity contribution in [2.75, 3.05) is 33.7 Å². The SMILES string of the molecule is CC[C@@H](c1cccc(Cl)c1)[C@@H](CNC)C(=O)N1CCC(NC)(c2ccc(F)cc2)CC1. The maximum atomic E-state index is 13.6. The number of halogens is 2. The van der Waals surface area contributed by atoms with Gasteiger partial charge in [0.15, 0.2) is 0 Å². The lowest BCUT2D eigenvalue weighted by Gasteiger charge is -2.43. The van der Waals surface area contributed by atoms with Gasteiger partial charge in [-0.3, -0.25) is 4.79 Å². The number of benzene rings is 2. The molecule has 2 aromatic carbocycles. The molecule has 1 amide bonds. The van der Waals surface area contributed by atoms with E-state index in [1.807, 2.05) is 49.3 Å². The number of piperidine rings is 1. The Hall–Kier alpha value is -1.95. The summed E-state index contributed by atoms with van der Waals surface area (Å²) in [6.45, 7) is 4.08. The van der Waals surface area contributed by atoms with E-state index < -0.39 is 0 Å². The van der Waals surface area contributed by atoms with E-state index in [1.165, 1.54) is 12.1 Å². The Labute approximate surface area is 190 Å². The van der Waals surface area contributed by atoms with Crippen molar-refractivity contribution in [3.8, 4) is 0 Å². The highest BCUT2D eigenvalue weighted by Gasteiger charge is 2.39. The molecule has 0 aliphatic carbocycles. The molecule has 1 fully saturated rings. The van der Waals surface area contributed by atoms with Crippen LogP contribution in [-0.4, -0.2) is 44.5 Å². The average molecular weight is 446 g/mol. The summed E-state index contributed by atoms with van der Waals surface area (Å²) in [5, 5.41) is 7.36. The standard InChI is InChI=1S/C25H33ClFN3O/c1-4-22(18-6-5-7-20(26)16-18)23(17-28-2)24(31)30-14-12-25(29-3,13-15-30)19-8-10-21(27)11-9-19/h5-11,16,22-23,28-29H,4,12-15,17H2,1-3H3/t22-,23+/m0/s1. The second-order valence-electron chi connectivity index (χ2n) is 8.40. The van der Waals surface area contributed by atoms with Gasteiger partial charge in [-0.1, -0.05) is 42.8 Å². The molecule has 2 aromatic rings. The molecule has 31 heavy (non-hydrogen) atoms. The summed E-state index contributed by atoms with van der Waals surface area (Å²) in [5.74, 6) is -0.0952. The third-order valence-corrected chi connectivity index (χ3v) is 6.98. The van der Waals surface area contributed by atoms with Crippen molar-refractivity contribution in [1.82, 2.24) is 15.5 Å². The van der Waals surface area contributed by atoms with Crippen LogP contribution < -0.4 is 10.6 Å². The first-order chi connectivity index (χ1) is 14.9. The Morgan fingerprint density at radius 3 is 2.39 bits per heavy atom. The van der Waals surface area contributed by atoms with Crippen molar-refractivity contribution in [3.63, 3.8) is 0 Å². The zero-order valence-corrected chi connectivity index (χ0v) is 19.4. The van der Waals surface area contributed by atoms with E-state index in [9.17, 15) is 9.18 Å². The zero-order chi connectivity index (χ0) is 22.4. The molecule has 2 N–H and O–H groups in total. The number of carbonyl (C=O) groups is 1. The number of nitrogens with one attached hydrogen (secondary N) is 2. The summed E-state index contributed by atoms with van der Waals surface area (Å²) in [4.78, 5) is 15.6. The van der Waals surface area contributed by atoms with Crippen LogP contribution in [-0.2, 0) is 10.3 Å². The van der Waals surface area contributed by atoms with Crippen LogP contribution in [0.3, 0.4) is 0 Å². The molecule has 1 aliphatic heterocycles. The zero-order valence-electron chi connectivity index (χ0n) is 18.6. The highest BCUT2D eigenvalue weighted by Crippen LogP contribution is 2.35. The number of likely N-dealkylation sites (tertiary alicyclic amines) is 1. The van der Waals surface area contributed by atoms with Gasteiger partial charge in [-0.2, -0.15) is 0 Å². The first-order valence-corrected chi connectivity index (χ1v) is 11.5. The van der Waals surface area contributed by atoms with Gasteiger partial charge in [0, 0.05) is 30.2 Å².